The van der Waals surface area contributed by atoms with Crippen molar-refractivity contribution in [2.24, 2.45) is 28.9 Å². The van der Waals surface area contributed by atoms with Crippen molar-refractivity contribution in [1.82, 2.24) is 5.32 Å². The van der Waals surface area contributed by atoms with Crippen LogP contribution in [0.1, 0.15) is 51.4 Å². The molecule has 0 aromatic heterocycles. The Bertz CT molecular complexity index is 936. The van der Waals surface area contributed by atoms with Crippen molar-refractivity contribution in [2.75, 3.05) is 4.31 Å². The van der Waals surface area contributed by atoms with Crippen LogP contribution in [0.15, 0.2) is 24.3 Å². The summed E-state index contributed by atoms with van der Waals surface area (Å²) >= 11 is 3.65. The number of halogens is 1. The lowest BCUT2D eigenvalue weighted by Gasteiger charge is -2.59. The van der Waals surface area contributed by atoms with Crippen LogP contribution < -0.4 is 15.4 Å². The predicted octanol–water partition coefficient (Wildman–Crippen LogP) is 2.66. The molecule has 7 nitrogen and oxygen atoms in total. The standard InChI is InChI=1S/C22H28ClN3O4S/c23-16-4-1-2-5-17(16)26(31(29)30)22(6-3-7-22)20(28)25-18-14-8-13-9-15(18)12-21(10-13,11-14)19(24)27/h1-2,4-5,13-15,18H,3,6-12H2,(H2,24,27)(H,25,28)(H,29,30)/p-1. The SMILES string of the molecule is NC(=O)C12CC3CC(C1)C(NC(=O)C1(N(c4ccccc4Cl)S(=O)[O-])CCC1)C(C3)C2. The molecular formula is C22H27ClN3O4S-. The van der Waals surface area contributed by atoms with Crippen LogP contribution in [-0.2, 0) is 20.9 Å². The Hall–Kier alpha value is -1.64. The van der Waals surface area contributed by atoms with Gasteiger partial charge in [-0.15, -0.1) is 0 Å². The third-order valence-corrected chi connectivity index (χ3v) is 9.47. The zero-order valence-electron chi connectivity index (χ0n) is 17.2. The van der Waals surface area contributed by atoms with Gasteiger partial charge in [-0.05, 0) is 81.3 Å². The Labute approximate surface area is 189 Å². The maximum atomic E-state index is 13.6. The topological polar surface area (TPSA) is 116 Å². The molecule has 5 aliphatic carbocycles. The lowest BCUT2D eigenvalue weighted by molar-refractivity contribution is -0.148. The zero-order chi connectivity index (χ0) is 22.0. The largest absolute Gasteiger partial charge is 0.755 e. The Balaban J connectivity index is 1.41. The molecule has 1 aromatic rings. The lowest BCUT2D eigenvalue weighted by atomic mass is 9.47. The number of rotatable bonds is 6. The summed E-state index contributed by atoms with van der Waals surface area (Å²) < 4.78 is 25.7. The van der Waals surface area contributed by atoms with Gasteiger partial charge in [0.25, 0.3) is 0 Å². The Morgan fingerprint density at radius 1 is 1.16 bits per heavy atom. The highest BCUT2D eigenvalue weighted by molar-refractivity contribution is 7.80. The van der Waals surface area contributed by atoms with Gasteiger partial charge in [0.1, 0.15) is 5.54 Å². The molecule has 168 valence electrons. The van der Waals surface area contributed by atoms with Gasteiger partial charge in [-0.1, -0.05) is 23.7 Å². The van der Waals surface area contributed by atoms with Gasteiger partial charge in [-0.25, -0.2) is 0 Å². The van der Waals surface area contributed by atoms with Crippen molar-refractivity contribution >= 4 is 40.4 Å². The monoisotopic (exact) mass is 464 g/mol. The molecule has 4 bridgehead atoms. The zero-order valence-corrected chi connectivity index (χ0v) is 18.8. The Morgan fingerprint density at radius 2 is 1.81 bits per heavy atom. The molecule has 3 atom stereocenters. The van der Waals surface area contributed by atoms with Gasteiger partial charge >= 0.3 is 0 Å². The number of nitrogens with two attached hydrogens (primary N) is 1. The number of primary amides is 1. The van der Waals surface area contributed by atoms with E-state index in [1.807, 2.05) is 0 Å². The van der Waals surface area contributed by atoms with E-state index in [-0.39, 0.29) is 29.7 Å². The lowest BCUT2D eigenvalue weighted by Crippen LogP contribution is -2.68. The minimum atomic E-state index is -2.65. The number of amides is 2. The fourth-order valence-corrected chi connectivity index (χ4v) is 8.09. The van der Waals surface area contributed by atoms with E-state index in [0.717, 1.165) is 42.8 Å². The maximum Gasteiger partial charge on any atom is 0.247 e. The number of nitrogens with one attached hydrogen (secondary N) is 1. The molecule has 9 heteroatoms. The number of carbonyl (C=O) groups excluding carboxylic acids is 2. The first-order chi connectivity index (χ1) is 14.8. The normalized spacial score (nSPS) is 35.8. The van der Waals surface area contributed by atoms with Crippen LogP contribution in [0.5, 0.6) is 0 Å². The highest BCUT2D eigenvalue weighted by atomic mass is 35.5. The van der Waals surface area contributed by atoms with Crippen molar-refractivity contribution in [3.8, 4) is 0 Å². The average Bonchev–Trinajstić information content (AvgIpc) is 2.67. The number of anilines is 1. The molecule has 0 saturated heterocycles. The summed E-state index contributed by atoms with van der Waals surface area (Å²) in [5, 5.41) is 3.53. The maximum absolute atomic E-state index is 13.6. The van der Waals surface area contributed by atoms with Crippen LogP contribution in [0, 0.1) is 23.2 Å². The van der Waals surface area contributed by atoms with E-state index in [4.69, 9.17) is 17.3 Å². The van der Waals surface area contributed by atoms with E-state index >= 15 is 0 Å². The van der Waals surface area contributed by atoms with Gasteiger partial charge in [0, 0.05) is 22.7 Å². The number of carbonyl (C=O) groups is 2. The molecule has 5 saturated carbocycles. The summed E-state index contributed by atoms with van der Waals surface area (Å²) in [6.45, 7) is 0. The fourth-order valence-electron chi connectivity index (χ4n) is 6.95. The van der Waals surface area contributed by atoms with Gasteiger partial charge in [-0.3, -0.25) is 18.1 Å². The van der Waals surface area contributed by atoms with Crippen molar-refractivity contribution in [3.05, 3.63) is 29.3 Å². The smallest absolute Gasteiger partial charge is 0.247 e. The first-order valence-electron chi connectivity index (χ1n) is 11.0. The van der Waals surface area contributed by atoms with Gasteiger partial charge in [-0.2, -0.15) is 0 Å². The summed E-state index contributed by atoms with van der Waals surface area (Å²) in [5.41, 5.74) is 4.52. The molecule has 3 unspecified atom stereocenters. The van der Waals surface area contributed by atoms with Gasteiger partial charge in [0.05, 0.1) is 10.7 Å². The molecule has 0 radical (unpaired) electrons. The quantitative estimate of drug-likeness (QED) is 0.629. The Kier molecular flexibility index (Phi) is 5.10. The van der Waals surface area contributed by atoms with E-state index in [1.54, 1.807) is 24.3 Å². The van der Waals surface area contributed by atoms with Crippen LogP contribution in [0.25, 0.3) is 0 Å². The second-order valence-corrected chi connectivity index (χ2v) is 11.2. The third kappa shape index (κ3) is 3.21. The molecule has 0 heterocycles. The van der Waals surface area contributed by atoms with Crippen LogP contribution in [0.2, 0.25) is 5.02 Å². The number of para-hydroxylation sites is 1. The van der Waals surface area contributed by atoms with Crippen LogP contribution in [0.4, 0.5) is 5.69 Å². The number of nitrogens with zero attached hydrogens (tertiary/aromatic N) is 1. The number of benzene rings is 1. The fraction of sp³-hybridized carbons (Fsp3) is 0.636. The molecular weight excluding hydrogens is 438 g/mol. The highest BCUT2D eigenvalue weighted by Crippen LogP contribution is 2.60. The Morgan fingerprint density at radius 3 is 2.32 bits per heavy atom. The number of hydrogen-bond donors (Lipinski definition) is 2. The second kappa shape index (κ2) is 7.46. The summed E-state index contributed by atoms with van der Waals surface area (Å²) in [4.78, 5) is 25.8. The van der Waals surface area contributed by atoms with E-state index in [2.05, 4.69) is 5.32 Å². The highest BCUT2D eigenvalue weighted by Gasteiger charge is 2.59. The minimum absolute atomic E-state index is 0.0396. The average molecular weight is 465 g/mol. The van der Waals surface area contributed by atoms with Gasteiger partial charge in [0.2, 0.25) is 11.8 Å². The molecule has 3 N–H and O–H groups in total. The molecule has 5 fully saturated rings. The summed E-state index contributed by atoms with van der Waals surface area (Å²) in [7, 11) is 0. The summed E-state index contributed by atoms with van der Waals surface area (Å²) in [6, 6.07) is 6.66. The first kappa shape index (κ1) is 21.2. The van der Waals surface area contributed by atoms with Crippen LogP contribution in [0.3, 0.4) is 0 Å². The van der Waals surface area contributed by atoms with E-state index in [1.165, 1.54) is 0 Å². The second-order valence-electron chi connectivity index (χ2n) is 9.96. The first-order valence-corrected chi connectivity index (χ1v) is 12.4. The van der Waals surface area contributed by atoms with Crippen molar-refractivity contribution in [1.29, 1.82) is 0 Å². The predicted molar refractivity (Wildman–Crippen MR) is 117 cm³/mol. The third-order valence-electron chi connectivity index (χ3n) is 8.31. The van der Waals surface area contributed by atoms with Crippen molar-refractivity contribution in [3.63, 3.8) is 0 Å². The molecule has 6 rings (SSSR count). The molecule has 2 amide bonds. The van der Waals surface area contributed by atoms with Crippen molar-refractivity contribution < 1.29 is 18.4 Å². The van der Waals surface area contributed by atoms with Crippen molar-refractivity contribution in [2.45, 2.75) is 62.9 Å². The molecule has 31 heavy (non-hydrogen) atoms. The molecule has 0 spiro atoms. The minimum Gasteiger partial charge on any atom is -0.755 e. The molecule has 1 aromatic carbocycles. The number of hydrogen-bond acceptors (Lipinski definition) is 4. The molecule has 0 aliphatic heterocycles. The van der Waals surface area contributed by atoms with Crippen LogP contribution in [-0.4, -0.2) is 32.2 Å². The van der Waals surface area contributed by atoms with Gasteiger partial charge in [0.15, 0.2) is 0 Å². The van der Waals surface area contributed by atoms with Crippen LogP contribution >= 0.6 is 11.6 Å². The molecule has 5 aliphatic rings. The van der Waals surface area contributed by atoms with E-state index in [0.29, 0.717) is 29.5 Å². The van der Waals surface area contributed by atoms with Gasteiger partial charge < -0.3 is 15.6 Å². The van der Waals surface area contributed by atoms with E-state index in [9.17, 15) is 18.4 Å². The van der Waals surface area contributed by atoms with E-state index < -0.39 is 22.2 Å². The summed E-state index contributed by atoms with van der Waals surface area (Å²) in [5.74, 6) is 0.453. The summed E-state index contributed by atoms with van der Waals surface area (Å²) in [6.07, 6.45) is 5.97.